The summed E-state index contributed by atoms with van der Waals surface area (Å²) in [5, 5.41) is 0. The molecule has 5 nitrogen and oxygen atoms in total. The molecule has 6 heteroatoms. The van der Waals surface area contributed by atoms with Gasteiger partial charge < -0.3 is 4.74 Å². The Morgan fingerprint density at radius 2 is 2.00 bits per heavy atom. The zero-order chi connectivity index (χ0) is 13.9. The zero-order valence-electron chi connectivity index (χ0n) is 10.6. The third-order valence-electron chi connectivity index (χ3n) is 2.58. The van der Waals surface area contributed by atoms with Crippen LogP contribution in [0.3, 0.4) is 0 Å². The topological polar surface area (TPSA) is 68.3 Å². The molecule has 1 aromatic heterocycles. The number of ether oxygens (including phenoxy) is 1. The van der Waals surface area contributed by atoms with Crippen LogP contribution in [0.2, 0.25) is 0 Å². The van der Waals surface area contributed by atoms with Crippen molar-refractivity contribution >= 4 is 15.7 Å². The molecule has 0 atom stereocenters. The van der Waals surface area contributed by atoms with E-state index in [0.29, 0.717) is 11.4 Å². The number of rotatable bonds is 4. The van der Waals surface area contributed by atoms with Crippen LogP contribution in [0.5, 0.6) is 5.75 Å². The fraction of sp³-hybridized carbons (Fsp3) is 0.154. The van der Waals surface area contributed by atoms with Crippen molar-refractivity contribution in [3.63, 3.8) is 0 Å². The highest BCUT2D eigenvalue weighted by Crippen LogP contribution is 2.28. The molecule has 100 valence electrons. The Morgan fingerprint density at radius 3 is 2.63 bits per heavy atom. The van der Waals surface area contributed by atoms with E-state index in [1.54, 1.807) is 37.4 Å². The number of aryl methyl sites for hydroxylation is 1. The van der Waals surface area contributed by atoms with E-state index in [1.807, 2.05) is 0 Å². The summed E-state index contributed by atoms with van der Waals surface area (Å²) in [5.41, 5.74) is 1.17. The predicted octanol–water partition coefficient (Wildman–Crippen LogP) is 2.20. The molecule has 0 unspecified atom stereocenters. The summed E-state index contributed by atoms with van der Waals surface area (Å²) < 4.78 is 32.3. The summed E-state index contributed by atoms with van der Waals surface area (Å²) in [6.07, 6.45) is 3.02. The Bertz CT molecular complexity index is 670. The smallest absolute Gasteiger partial charge is 0.265 e. The number of nitrogens with one attached hydrogen (secondary N) is 1. The number of para-hydroxylation sites is 1. The molecule has 1 aromatic carbocycles. The number of hydrogen-bond donors (Lipinski definition) is 1. The van der Waals surface area contributed by atoms with Crippen LogP contribution >= 0.6 is 0 Å². The highest BCUT2D eigenvalue weighted by Gasteiger charge is 2.20. The molecule has 1 N–H and O–H groups in total. The van der Waals surface area contributed by atoms with Crippen molar-refractivity contribution in [2.45, 2.75) is 11.8 Å². The van der Waals surface area contributed by atoms with E-state index < -0.39 is 10.0 Å². The molecule has 0 bridgehead atoms. The first-order valence-electron chi connectivity index (χ1n) is 5.61. The van der Waals surface area contributed by atoms with Gasteiger partial charge in [0.1, 0.15) is 10.6 Å². The molecule has 0 amide bonds. The van der Waals surface area contributed by atoms with Crippen LogP contribution in [0, 0.1) is 6.92 Å². The van der Waals surface area contributed by atoms with Crippen LogP contribution < -0.4 is 9.46 Å². The lowest BCUT2D eigenvalue weighted by Gasteiger charge is -2.13. The highest BCUT2D eigenvalue weighted by atomic mass is 32.2. The number of hydrogen-bond acceptors (Lipinski definition) is 4. The Labute approximate surface area is 112 Å². The number of nitrogens with zero attached hydrogens (tertiary/aromatic N) is 1. The van der Waals surface area contributed by atoms with Crippen molar-refractivity contribution in [3.8, 4) is 5.75 Å². The third-order valence-corrected chi connectivity index (χ3v) is 3.99. The molecule has 0 saturated carbocycles. The molecule has 0 aliphatic heterocycles. The largest absolute Gasteiger partial charge is 0.495 e. The average molecular weight is 278 g/mol. The average Bonchev–Trinajstić information content (AvgIpc) is 2.39. The van der Waals surface area contributed by atoms with Crippen molar-refractivity contribution < 1.29 is 13.2 Å². The maximum absolute atomic E-state index is 12.3. The lowest BCUT2D eigenvalue weighted by Crippen LogP contribution is -2.14. The maximum atomic E-state index is 12.3. The fourth-order valence-electron chi connectivity index (χ4n) is 1.73. The minimum Gasteiger partial charge on any atom is -0.495 e. The van der Waals surface area contributed by atoms with Crippen molar-refractivity contribution in [1.29, 1.82) is 0 Å². The highest BCUT2D eigenvalue weighted by molar-refractivity contribution is 7.92. The normalized spacial score (nSPS) is 11.1. The quantitative estimate of drug-likeness (QED) is 0.931. The minimum absolute atomic E-state index is 0.110. The second-order valence-electron chi connectivity index (χ2n) is 3.95. The van der Waals surface area contributed by atoms with Crippen LogP contribution in [0.1, 0.15) is 5.56 Å². The second kappa shape index (κ2) is 5.27. The number of benzene rings is 1. The number of aromatic nitrogens is 1. The van der Waals surface area contributed by atoms with Crippen molar-refractivity contribution in [3.05, 3.63) is 48.3 Å². The SMILES string of the molecule is COc1c(C)cccc1S(=O)(=O)Nc1cccnc1. The molecule has 2 rings (SSSR count). The van der Waals surface area contributed by atoms with E-state index in [-0.39, 0.29) is 4.90 Å². The van der Waals surface area contributed by atoms with E-state index in [1.165, 1.54) is 19.4 Å². The van der Waals surface area contributed by atoms with Crippen LogP contribution in [-0.4, -0.2) is 20.5 Å². The molecule has 0 fully saturated rings. The molecule has 0 aliphatic rings. The summed E-state index contributed by atoms with van der Waals surface area (Å²) in [6, 6.07) is 8.26. The van der Waals surface area contributed by atoms with Gasteiger partial charge in [-0.15, -0.1) is 0 Å². The summed E-state index contributed by atoms with van der Waals surface area (Å²) >= 11 is 0. The first-order valence-corrected chi connectivity index (χ1v) is 7.09. The van der Waals surface area contributed by atoms with Gasteiger partial charge >= 0.3 is 0 Å². The fourth-order valence-corrected chi connectivity index (χ4v) is 3.02. The van der Waals surface area contributed by atoms with Gasteiger partial charge in [-0.05, 0) is 30.7 Å². The molecule has 1 heterocycles. The first kappa shape index (κ1) is 13.4. The second-order valence-corrected chi connectivity index (χ2v) is 5.60. The van der Waals surface area contributed by atoms with E-state index in [2.05, 4.69) is 9.71 Å². The number of sulfonamides is 1. The molecular weight excluding hydrogens is 264 g/mol. The molecule has 0 spiro atoms. The van der Waals surface area contributed by atoms with Gasteiger partial charge in [-0.2, -0.15) is 0 Å². The van der Waals surface area contributed by atoms with E-state index in [9.17, 15) is 8.42 Å². The van der Waals surface area contributed by atoms with Gasteiger partial charge in [0.15, 0.2) is 0 Å². The third kappa shape index (κ3) is 2.85. The summed E-state index contributed by atoms with van der Waals surface area (Å²) in [4.78, 5) is 3.97. The molecule has 0 saturated heterocycles. The lowest BCUT2D eigenvalue weighted by molar-refractivity contribution is 0.399. The summed E-state index contributed by atoms with van der Waals surface area (Å²) in [7, 11) is -2.24. The van der Waals surface area contributed by atoms with Gasteiger partial charge in [0.25, 0.3) is 10.0 Å². The molecule has 0 aliphatic carbocycles. The Hall–Kier alpha value is -2.08. The Morgan fingerprint density at radius 1 is 1.21 bits per heavy atom. The predicted molar refractivity (Wildman–Crippen MR) is 72.8 cm³/mol. The number of pyridine rings is 1. The standard InChI is InChI=1S/C13H14N2O3S/c1-10-5-3-7-12(13(10)18-2)19(16,17)15-11-6-4-8-14-9-11/h3-9,15H,1-2H3. The van der Waals surface area contributed by atoms with Crippen molar-refractivity contribution in [2.24, 2.45) is 0 Å². The number of methoxy groups -OCH3 is 1. The molecule has 0 radical (unpaired) electrons. The Kier molecular flexibility index (Phi) is 3.71. The van der Waals surface area contributed by atoms with Crippen LogP contribution in [0.4, 0.5) is 5.69 Å². The maximum Gasteiger partial charge on any atom is 0.265 e. The lowest BCUT2D eigenvalue weighted by atomic mass is 10.2. The minimum atomic E-state index is -3.69. The van der Waals surface area contributed by atoms with Crippen LogP contribution in [0.15, 0.2) is 47.6 Å². The van der Waals surface area contributed by atoms with Gasteiger partial charge in [0, 0.05) is 6.20 Å². The Balaban J connectivity index is 2.43. The van der Waals surface area contributed by atoms with Gasteiger partial charge in [-0.1, -0.05) is 12.1 Å². The first-order chi connectivity index (χ1) is 9.04. The molecule has 2 aromatic rings. The van der Waals surface area contributed by atoms with E-state index >= 15 is 0 Å². The zero-order valence-corrected chi connectivity index (χ0v) is 11.4. The van der Waals surface area contributed by atoms with E-state index in [4.69, 9.17) is 4.74 Å². The van der Waals surface area contributed by atoms with Crippen LogP contribution in [0.25, 0.3) is 0 Å². The van der Waals surface area contributed by atoms with Gasteiger partial charge in [-0.3, -0.25) is 9.71 Å². The van der Waals surface area contributed by atoms with Gasteiger partial charge in [-0.25, -0.2) is 8.42 Å². The summed E-state index contributed by atoms with van der Waals surface area (Å²) in [5.74, 6) is 0.346. The monoisotopic (exact) mass is 278 g/mol. The van der Waals surface area contributed by atoms with E-state index in [0.717, 1.165) is 5.56 Å². The molecule has 19 heavy (non-hydrogen) atoms. The van der Waals surface area contributed by atoms with Crippen LogP contribution in [-0.2, 0) is 10.0 Å². The van der Waals surface area contributed by atoms with Crippen molar-refractivity contribution in [2.75, 3.05) is 11.8 Å². The molecular formula is C13H14N2O3S. The van der Waals surface area contributed by atoms with Crippen molar-refractivity contribution in [1.82, 2.24) is 4.98 Å². The van der Waals surface area contributed by atoms with Gasteiger partial charge in [0.05, 0.1) is 19.0 Å². The van der Waals surface area contributed by atoms with Gasteiger partial charge in [0.2, 0.25) is 0 Å². The number of anilines is 1. The summed E-state index contributed by atoms with van der Waals surface area (Å²) in [6.45, 7) is 1.79.